The summed E-state index contributed by atoms with van der Waals surface area (Å²) in [5, 5.41) is 10.3. The summed E-state index contributed by atoms with van der Waals surface area (Å²) in [6, 6.07) is 24.3. The second kappa shape index (κ2) is 7.24. The maximum absolute atomic E-state index is 5.38. The topological polar surface area (TPSA) is 76.8 Å². The van der Waals surface area contributed by atoms with Gasteiger partial charge in [0.15, 0.2) is 0 Å². The van der Waals surface area contributed by atoms with Gasteiger partial charge >= 0.3 is 0 Å². The van der Waals surface area contributed by atoms with E-state index in [0.29, 0.717) is 5.71 Å². The smallest absolute Gasteiger partial charge is 0.211 e. The van der Waals surface area contributed by atoms with E-state index in [1.165, 1.54) is 10.8 Å². The summed E-state index contributed by atoms with van der Waals surface area (Å²) in [7, 11) is 0. The third kappa shape index (κ3) is 3.87. The summed E-state index contributed by atoms with van der Waals surface area (Å²) in [5.74, 6) is -0.0671. The second-order valence-corrected chi connectivity index (χ2v) is 5.32. The SMILES string of the molecule is NC(N)=N/N=C(/C=C/c1ccc2ccccc2c1)c1ccccc1. The number of guanidine groups is 1. The van der Waals surface area contributed by atoms with E-state index in [2.05, 4.69) is 40.5 Å². The highest BCUT2D eigenvalue weighted by atomic mass is 15.3. The van der Waals surface area contributed by atoms with E-state index in [9.17, 15) is 0 Å². The van der Waals surface area contributed by atoms with E-state index in [4.69, 9.17) is 11.5 Å². The van der Waals surface area contributed by atoms with E-state index in [1.807, 2.05) is 54.6 Å². The molecule has 0 radical (unpaired) electrons. The lowest BCUT2D eigenvalue weighted by Gasteiger charge is -2.01. The van der Waals surface area contributed by atoms with E-state index in [1.54, 1.807) is 0 Å². The van der Waals surface area contributed by atoms with Gasteiger partial charge in [-0.2, -0.15) is 0 Å². The average molecular weight is 314 g/mol. The summed E-state index contributed by atoms with van der Waals surface area (Å²) in [6.07, 6.45) is 3.91. The van der Waals surface area contributed by atoms with Crippen molar-refractivity contribution in [3.05, 3.63) is 90.0 Å². The van der Waals surface area contributed by atoms with E-state index >= 15 is 0 Å². The number of nitrogens with two attached hydrogens (primary N) is 2. The average Bonchev–Trinajstić information content (AvgIpc) is 2.62. The Morgan fingerprint density at radius 2 is 1.46 bits per heavy atom. The van der Waals surface area contributed by atoms with Gasteiger partial charge in [-0.05, 0) is 28.5 Å². The Hall–Kier alpha value is -3.40. The molecule has 24 heavy (non-hydrogen) atoms. The number of fused-ring (bicyclic) bond motifs is 1. The predicted molar refractivity (Wildman–Crippen MR) is 102 cm³/mol. The fraction of sp³-hybridized carbons (Fsp3) is 0. The highest BCUT2D eigenvalue weighted by molar-refractivity contribution is 6.11. The molecule has 3 aromatic carbocycles. The molecule has 4 nitrogen and oxygen atoms in total. The minimum absolute atomic E-state index is 0.0671. The minimum atomic E-state index is -0.0671. The Morgan fingerprint density at radius 1 is 0.750 bits per heavy atom. The fourth-order valence-corrected chi connectivity index (χ4v) is 2.39. The second-order valence-electron chi connectivity index (χ2n) is 5.32. The Bertz CT molecular complexity index is 921. The molecule has 0 aliphatic carbocycles. The van der Waals surface area contributed by atoms with Crippen LogP contribution in [0.25, 0.3) is 16.8 Å². The van der Waals surface area contributed by atoms with Crippen molar-refractivity contribution in [1.29, 1.82) is 0 Å². The van der Waals surface area contributed by atoms with Crippen molar-refractivity contribution in [1.82, 2.24) is 0 Å². The molecule has 0 saturated carbocycles. The number of hydrogen-bond acceptors (Lipinski definition) is 2. The molecular weight excluding hydrogens is 296 g/mol. The van der Waals surface area contributed by atoms with E-state index in [-0.39, 0.29) is 5.96 Å². The molecule has 3 aromatic rings. The van der Waals surface area contributed by atoms with Gasteiger partial charge in [0.1, 0.15) is 0 Å². The summed E-state index contributed by atoms with van der Waals surface area (Å²) < 4.78 is 0. The Balaban J connectivity index is 1.95. The lowest BCUT2D eigenvalue weighted by Crippen LogP contribution is -2.22. The molecular formula is C20H18N4. The molecule has 0 spiro atoms. The highest BCUT2D eigenvalue weighted by Crippen LogP contribution is 2.17. The maximum Gasteiger partial charge on any atom is 0.211 e. The van der Waals surface area contributed by atoms with Crippen molar-refractivity contribution in [2.75, 3.05) is 0 Å². The van der Waals surface area contributed by atoms with Gasteiger partial charge in [-0.15, -0.1) is 10.2 Å². The summed E-state index contributed by atoms with van der Waals surface area (Å²) in [6.45, 7) is 0. The van der Waals surface area contributed by atoms with Crippen molar-refractivity contribution in [2.45, 2.75) is 0 Å². The zero-order valence-corrected chi connectivity index (χ0v) is 13.1. The van der Waals surface area contributed by atoms with Gasteiger partial charge in [-0.3, -0.25) is 0 Å². The monoisotopic (exact) mass is 314 g/mol. The molecule has 0 amide bonds. The third-order valence-corrected chi connectivity index (χ3v) is 3.55. The molecule has 0 aromatic heterocycles. The molecule has 0 aliphatic heterocycles. The molecule has 0 aliphatic rings. The number of nitrogens with zero attached hydrogens (tertiary/aromatic N) is 2. The minimum Gasteiger partial charge on any atom is -0.369 e. The molecule has 0 bridgehead atoms. The van der Waals surface area contributed by atoms with Crippen LogP contribution in [0.15, 0.2) is 89.1 Å². The Labute approximate surface area is 140 Å². The molecule has 0 unspecified atom stereocenters. The van der Waals surface area contributed by atoms with Crippen LogP contribution in [0.3, 0.4) is 0 Å². The van der Waals surface area contributed by atoms with Crippen LogP contribution in [0.4, 0.5) is 0 Å². The lowest BCUT2D eigenvalue weighted by atomic mass is 10.1. The first-order valence-corrected chi connectivity index (χ1v) is 7.61. The quantitative estimate of drug-likeness (QED) is 0.439. The highest BCUT2D eigenvalue weighted by Gasteiger charge is 2.00. The summed E-state index contributed by atoms with van der Waals surface area (Å²) in [5.41, 5.74) is 13.5. The lowest BCUT2D eigenvalue weighted by molar-refractivity contribution is 1.20. The molecule has 4 heteroatoms. The van der Waals surface area contributed by atoms with Gasteiger partial charge in [0.25, 0.3) is 0 Å². The fourth-order valence-electron chi connectivity index (χ4n) is 2.39. The van der Waals surface area contributed by atoms with Crippen molar-refractivity contribution >= 4 is 28.5 Å². The third-order valence-electron chi connectivity index (χ3n) is 3.55. The van der Waals surface area contributed by atoms with Crippen LogP contribution < -0.4 is 11.5 Å². The zero-order valence-electron chi connectivity index (χ0n) is 13.1. The van der Waals surface area contributed by atoms with Crippen molar-refractivity contribution in [2.24, 2.45) is 21.7 Å². The van der Waals surface area contributed by atoms with Crippen LogP contribution >= 0.6 is 0 Å². The molecule has 0 fully saturated rings. The van der Waals surface area contributed by atoms with Crippen LogP contribution in [0.5, 0.6) is 0 Å². The van der Waals surface area contributed by atoms with Crippen LogP contribution in [0.2, 0.25) is 0 Å². The summed E-state index contributed by atoms with van der Waals surface area (Å²) in [4.78, 5) is 0. The van der Waals surface area contributed by atoms with Crippen LogP contribution in [-0.2, 0) is 0 Å². The number of hydrogen-bond donors (Lipinski definition) is 2. The van der Waals surface area contributed by atoms with Gasteiger partial charge in [-0.25, -0.2) is 0 Å². The summed E-state index contributed by atoms with van der Waals surface area (Å²) >= 11 is 0. The number of benzene rings is 3. The molecule has 0 saturated heterocycles. The molecule has 3 rings (SSSR count). The molecule has 0 heterocycles. The molecule has 118 valence electrons. The van der Waals surface area contributed by atoms with E-state index in [0.717, 1.165) is 11.1 Å². The van der Waals surface area contributed by atoms with Crippen molar-refractivity contribution in [3.63, 3.8) is 0 Å². The van der Waals surface area contributed by atoms with Crippen LogP contribution in [-0.4, -0.2) is 11.7 Å². The Kier molecular flexibility index (Phi) is 4.68. The first kappa shape index (κ1) is 15.5. The van der Waals surface area contributed by atoms with E-state index < -0.39 is 0 Å². The van der Waals surface area contributed by atoms with Crippen molar-refractivity contribution in [3.8, 4) is 0 Å². The molecule has 0 atom stereocenters. The number of rotatable bonds is 4. The van der Waals surface area contributed by atoms with Gasteiger partial charge in [0.2, 0.25) is 5.96 Å². The van der Waals surface area contributed by atoms with Gasteiger partial charge < -0.3 is 11.5 Å². The van der Waals surface area contributed by atoms with Crippen molar-refractivity contribution < 1.29 is 0 Å². The number of allylic oxidation sites excluding steroid dienone is 1. The molecule has 4 N–H and O–H groups in total. The van der Waals surface area contributed by atoms with Crippen LogP contribution in [0, 0.1) is 0 Å². The van der Waals surface area contributed by atoms with Crippen LogP contribution in [0.1, 0.15) is 11.1 Å². The predicted octanol–water partition coefficient (Wildman–Crippen LogP) is 3.53. The zero-order chi connectivity index (χ0) is 16.8. The van der Waals surface area contributed by atoms with Gasteiger partial charge in [0.05, 0.1) is 5.71 Å². The first-order chi connectivity index (χ1) is 11.7. The van der Waals surface area contributed by atoms with Gasteiger partial charge in [-0.1, -0.05) is 72.8 Å². The largest absolute Gasteiger partial charge is 0.369 e. The maximum atomic E-state index is 5.38. The van der Waals surface area contributed by atoms with Gasteiger partial charge in [0, 0.05) is 5.56 Å². The normalized spacial score (nSPS) is 11.8. The first-order valence-electron chi connectivity index (χ1n) is 7.61. The Morgan fingerprint density at radius 3 is 2.21 bits per heavy atom. The standard InChI is InChI=1S/C20H18N4/c21-20(22)24-23-19(17-7-2-1-3-8-17)13-11-15-10-12-16-6-4-5-9-18(16)14-15/h1-14H,(H4,21,22,24)/b13-11+,23-19-.